The van der Waals surface area contributed by atoms with E-state index in [0.29, 0.717) is 25.7 Å². The zero-order chi connectivity index (χ0) is 26.5. The highest BCUT2D eigenvalue weighted by molar-refractivity contribution is 6.33. The van der Waals surface area contributed by atoms with E-state index in [1.165, 1.54) is 42.5 Å². The van der Waals surface area contributed by atoms with Gasteiger partial charge in [-0.1, -0.05) is 19.0 Å². The summed E-state index contributed by atoms with van der Waals surface area (Å²) in [6.07, 6.45) is 3.21. The summed E-state index contributed by atoms with van der Waals surface area (Å²) in [5.41, 5.74) is 0.0633. The first-order valence-electron chi connectivity index (χ1n) is 11.4. The lowest BCUT2D eigenvalue weighted by Crippen LogP contribution is -2.43. The Bertz CT molecular complexity index is 1330. The number of aromatic carboxylic acids is 1. The predicted octanol–water partition coefficient (Wildman–Crippen LogP) is 5.61. The number of carboxylic acid groups (broad SMARTS) is 1. The molecule has 38 heavy (non-hydrogen) atoms. The van der Waals surface area contributed by atoms with E-state index in [4.69, 9.17) is 21.4 Å². The van der Waals surface area contributed by atoms with E-state index in [9.17, 15) is 23.2 Å². The maximum Gasteiger partial charge on any atom is 0.337 e. The molecular formula is C27H26ClF2N3O5. The third kappa shape index (κ3) is 7.04. The number of aromatic nitrogens is 1. The minimum atomic E-state index is -1.18. The van der Waals surface area contributed by atoms with Gasteiger partial charge >= 0.3 is 5.97 Å². The molecule has 0 spiro atoms. The standard InChI is InChI=1S/C26H22ClF2N3O5.CH4/c27-22-11-14(1-10-20(22)26(35)36)23(33)31-17-4-6-18(7-5-17)32-24(34)21-12-16(29)13-30-25(21)37-19-8-2-15(28)3-9-19;/h1-3,8-13,17-18H,4-7H2,(H,31,33)(H,32,34)(H,35,36);1H4. The summed E-state index contributed by atoms with van der Waals surface area (Å²) in [5.74, 6) is -3.16. The third-order valence-electron chi connectivity index (χ3n) is 5.95. The van der Waals surface area contributed by atoms with Gasteiger partial charge in [0.15, 0.2) is 0 Å². The Morgan fingerprint density at radius 2 is 1.47 bits per heavy atom. The van der Waals surface area contributed by atoms with Crippen LogP contribution in [-0.4, -0.2) is 40.0 Å². The lowest BCUT2D eigenvalue weighted by atomic mass is 9.90. The highest BCUT2D eigenvalue weighted by Crippen LogP contribution is 2.26. The van der Waals surface area contributed by atoms with Crippen molar-refractivity contribution in [3.8, 4) is 11.6 Å². The van der Waals surface area contributed by atoms with E-state index in [1.807, 2.05) is 0 Å². The van der Waals surface area contributed by atoms with Gasteiger partial charge in [0.2, 0.25) is 5.88 Å². The number of nitrogens with zero attached hydrogens (tertiary/aromatic N) is 1. The van der Waals surface area contributed by atoms with Crippen LogP contribution in [0.4, 0.5) is 8.78 Å². The van der Waals surface area contributed by atoms with E-state index in [1.54, 1.807) is 0 Å². The number of amides is 2. The Balaban J connectivity index is 0.00000400. The Kier molecular flexibility index (Phi) is 9.35. The van der Waals surface area contributed by atoms with E-state index in [0.717, 1.165) is 12.3 Å². The van der Waals surface area contributed by atoms with Gasteiger partial charge in [0.25, 0.3) is 11.8 Å². The SMILES string of the molecule is C.O=C(NC1CCC(NC(=O)c2cc(F)cnc2Oc2ccc(F)cc2)CC1)c1ccc(C(=O)O)c(Cl)c1. The van der Waals surface area contributed by atoms with Crippen LogP contribution in [0.25, 0.3) is 0 Å². The van der Waals surface area contributed by atoms with Crippen LogP contribution < -0.4 is 15.4 Å². The molecule has 2 amide bonds. The number of benzene rings is 2. The van der Waals surface area contributed by atoms with Crippen LogP contribution in [0.5, 0.6) is 11.6 Å². The highest BCUT2D eigenvalue weighted by atomic mass is 35.5. The van der Waals surface area contributed by atoms with Crippen molar-refractivity contribution in [1.29, 1.82) is 0 Å². The van der Waals surface area contributed by atoms with Gasteiger partial charge in [-0.3, -0.25) is 9.59 Å². The smallest absolute Gasteiger partial charge is 0.337 e. The summed E-state index contributed by atoms with van der Waals surface area (Å²) < 4.78 is 32.6. The molecule has 1 aliphatic carbocycles. The lowest BCUT2D eigenvalue weighted by molar-refractivity contribution is 0.0696. The molecule has 0 aliphatic heterocycles. The van der Waals surface area contributed by atoms with E-state index in [-0.39, 0.29) is 58.8 Å². The number of ether oxygens (including phenoxy) is 1. The molecule has 200 valence electrons. The lowest BCUT2D eigenvalue weighted by Gasteiger charge is -2.29. The van der Waals surface area contributed by atoms with Crippen LogP contribution in [0, 0.1) is 11.6 Å². The number of pyridine rings is 1. The normalized spacial score (nSPS) is 16.6. The first-order chi connectivity index (χ1) is 17.7. The van der Waals surface area contributed by atoms with E-state index >= 15 is 0 Å². The van der Waals surface area contributed by atoms with Gasteiger partial charge in [-0.15, -0.1) is 0 Å². The van der Waals surface area contributed by atoms with Crippen molar-refractivity contribution in [3.63, 3.8) is 0 Å². The molecule has 0 bridgehead atoms. The van der Waals surface area contributed by atoms with E-state index in [2.05, 4.69) is 15.6 Å². The summed E-state index contributed by atoms with van der Waals surface area (Å²) in [6.45, 7) is 0. The Morgan fingerprint density at radius 1 is 0.868 bits per heavy atom. The van der Waals surface area contributed by atoms with Gasteiger partial charge in [-0.2, -0.15) is 0 Å². The summed E-state index contributed by atoms with van der Waals surface area (Å²) in [7, 11) is 0. The molecule has 8 nitrogen and oxygen atoms in total. The van der Waals surface area contributed by atoms with Gasteiger partial charge < -0.3 is 20.5 Å². The number of carbonyl (C=O) groups excluding carboxylic acids is 2. The first kappa shape index (κ1) is 28.5. The summed E-state index contributed by atoms with van der Waals surface area (Å²) >= 11 is 5.95. The monoisotopic (exact) mass is 545 g/mol. The molecule has 1 heterocycles. The fraction of sp³-hybridized carbons (Fsp3) is 0.259. The summed E-state index contributed by atoms with van der Waals surface area (Å²) in [5, 5.41) is 14.8. The van der Waals surface area contributed by atoms with Gasteiger partial charge in [0.1, 0.15) is 22.9 Å². The number of hydrogen-bond acceptors (Lipinski definition) is 5. The van der Waals surface area contributed by atoms with Crippen LogP contribution >= 0.6 is 11.6 Å². The van der Waals surface area contributed by atoms with Crippen LogP contribution in [0.15, 0.2) is 54.7 Å². The molecule has 0 unspecified atom stereocenters. The van der Waals surface area contributed by atoms with Gasteiger partial charge in [0, 0.05) is 17.6 Å². The highest BCUT2D eigenvalue weighted by Gasteiger charge is 2.26. The minimum Gasteiger partial charge on any atom is -0.478 e. The number of halogens is 3. The van der Waals surface area contributed by atoms with Gasteiger partial charge in [0.05, 0.1) is 16.8 Å². The largest absolute Gasteiger partial charge is 0.478 e. The maximum atomic E-state index is 13.9. The number of carboxylic acids is 1. The average molecular weight is 546 g/mol. The molecule has 3 aromatic rings. The molecule has 1 aromatic heterocycles. The Hall–Kier alpha value is -4.05. The molecule has 0 saturated heterocycles. The molecule has 1 fully saturated rings. The molecular weight excluding hydrogens is 520 g/mol. The fourth-order valence-electron chi connectivity index (χ4n) is 4.03. The predicted molar refractivity (Wildman–Crippen MR) is 137 cm³/mol. The van der Waals surface area contributed by atoms with Crippen molar-refractivity contribution < 1.29 is 33.0 Å². The first-order valence-corrected chi connectivity index (χ1v) is 11.8. The molecule has 0 radical (unpaired) electrons. The fourth-order valence-corrected chi connectivity index (χ4v) is 4.29. The Labute approximate surface area is 223 Å². The Morgan fingerprint density at radius 3 is 2.05 bits per heavy atom. The molecule has 1 saturated carbocycles. The molecule has 3 N–H and O–H groups in total. The van der Waals surface area contributed by atoms with Gasteiger partial charge in [-0.25, -0.2) is 18.6 Å². The quantitative estimate of drug-likeness (QED) is 0.355. The number of rotatable bonds is 7. The molecule has 1 aliphatic rings. The van der Waals surface area contributed by atoms with Gasteiger partial charge in [-0.05, 0) is 74.2 Å². The van der Waals surface area contributed by atoms with Crippen LogP contribution in [0.3, 0.4) is 0 Å². The summed E-state index contributed by atoms with van der Waals surface area (Å²) in [6, 6.07) is 9.76. The van der Waals surface area contributed by atoms with Crippen LogP contribution in [0.2, 0.25) is 5.02 Å². The second-order valence-electron chi connectivity index (χ2n) is 8.56. The zero-order valence-corrected chi connectivity index (χ0v) is 20.1. The van der Waals surface area contributed by atoms with Crippen molar-refractivity contribution in [2.45, 2.75) is 45.2 Å². The molecule has 0 atom stereocenters. The molecule has 11 heteroatoms. The number of nitrogens with one attached hydrogen (secondary N) is 2. The van der Waals surface area contributed by atoms with Crippen LogP contribution in [0.1, 0.15) is 64.2 Å². The number of carbonyl (C=O) groups is 3. The van der Waals surface area contributed by atoms with Crippen LogP contribution in [-0.2, 0) is 0 Å². The third-order valence-corrected chi connectivity index (χ3v) is 6.26. The van der Waals surface area contributed by atoms with Crippen molar-refractivity contribution in [2.75, 3.05) is 0 Å². The van der Waals surface area contributed by atoms with Crippen molar-refractivity contribution in [3.05, 3.63) is 88.1 Å². The van der Waals surface area contributed by atoms with Crippen molar-refractivity contribution in [2.24, 2.45) is 0 Å². The van der Waals surface area contributed by atoms with Crippen molar-refractivity contribution >= 4 is 29.4 Å². The molecule has 2 aromatic carbocycles. The second kappa shape index (κ2) is 12.5. The average Bonchev–Trinajstić information content (AvgIpc) is 2.87. The zero-order valence-electron chi connectivity index (χ0n) is 19.3. The number of hydrogen-bond donors (Lipinski definition) is 3. The maximum absolute atomic E-state index is 13.9. The topological polar surface area (TPSA) is 118 Å². The molecule has 4 rings (SSSR count). The summed E-state index contributed by atoms with van der Waals surface area (Å²) in [4.78, 5) is 40.4. The van der Waals surface area contributed by atoms with Crippen molar-refractivity contribution in [1.82, 2.24) is 15.6 Å². The second-order valence-corrected chi connectivity index (χ2v) is 8.96. The van der Waals surface area contributed by atoms with E-state index < -0.39 is 23.5 Å². The minimum absolute atomic E-state index is 0.